The SMILES string of the molecule is CCOC(=O)/C=N/C1c2cc(C#N)ccc2OC(C)(C)C1O. The summed E-state index contributed by atoms with van der Waals surface area (Å²) in [6, 6.07) is 6.26. The molecular formula is C16H18N2O4. The lowest BCUT2D eigenvalue weighted by atomic mass is 9.86. The minimum absolute atomic E-state index is 0.252. The zero-order valence-corrected chi connectivity index (χ0v) is 12.7. The number of aliphatic hydroxyl groups excluding tert-OH is 1. The van der Waals surface area contributed by atoms with E-state index in [1.807, 2.05) is 6.07 Å². The maximum Gasteiger partial charge on any atom is 0.348 e. The van der Waals surface area contributed by atoms with E-state index in [0.717, 1.165) is 6.21 Å². The van der Waals surface area contributed by atoms with Gasteiger partial charge in [0, 0.05) is 5.56 Å². The molecule has 116 valence electrons. The molecule has 0 aromatic heterocycles. The van der Waals surface area contributed by atoms with Crippen molar-refractivity contribution in [3.05, 3.63) is 29.3 Å². The van der Waals surface area contributed by atoms with Crippen molar-refractivity contribution >= 4 is 12.2 Å². The van der Waals surface area contributed by atoms with Crippen LogP contribution in [-0.2, 0) is 9.53 Å². The Hall–Kier alpha value is -2.39. The first kappa shape index (κ1) is 16.0. The van der Waals surface area contributed by atoms with Crippen LogP contribution in [-0.4, -0.2) is 35.6 Å². The number of benzene rings is 1. The first-order valence-corrected chi connectivity index (χ1v) is 7.00. The molecule has 1 aliphatic heterocycles. The second-order valence-corrected chi connectivity index (χ2v) is 5.49. The molecule has 6 heteroatoms. The Balaban J connectivity index is 2.42. The summed E-state index contributed by atoms with van der Waals surface area (Å²) in [4.78, 5) is 15.6. The van der Waals surface area contributed by atoms with E-state index in [0.29, 0.717) is 16.9 Å². The molecule has 2 unspecified atom stereocenters. The van der Waals surface area contributed by atoms with Gasteiger partial charge in [-0.1, -0.05) is 0 Å². The number of nitriles is 1. The molecule has 1 aliphatic rings. The van der Waals surface area contributed by atoms with Gasteiger partial charge in [0.2, 0.25) is 0 Å². The van der Waals surface area contributed by atoms with Crippen molar-refractivity contribution in [2.45, 2.75) is 38.5 Å². The molecule has 2 rings (SSSR count). The van der Waals surface area contributed by atoms with Crippen molar-refractivity contribution in [3.8, 4) is 11.8 Å². The lowest BCUT2D eigenvalue weighted by molar-refractivity contribution is -0.134. The average molecular weight is 302 g/mol. The van der Waals surface area contributed by atoms with Crippen molar-refractivity contribution in [3.63, 3.8) is 0 Å². The average Bonchev–Trinajstić information content (AvgIpc) is 2.47. The van der Waals surface area contributed by atoms with E-state index in [9.17, 15) is 9.90 Å². The van der Waals surface area contributed by atoms with Gasteiger partial charge >= 0.3 is 5.97 Å². The van der Waals surface area contributed by atoms with E-state index in [2.05, 4.69) is 4.99 Å². The van der Waals surface area contributed by atoms with E-state index in [1.54, 1.807) is 39.0 Å². The van der Waals surface area contributed by atoms with Gasteiger partial charge in [0.25, 0.3) is 0 Å². The van der Waals surface area contributed by atoms with E-state index < -0.39 is 23.7 Å². The lowest BCUT2D eigenvalue weighted by Gasteiger charge is -2.40. The molecule has 1 aromatic carbocycles. The van der Waals surface area contributed by atoms with E-state index in [1.165, 1.54) is 0 Å². The summed E-state index contributed by atoms with van der Waals surface area (Å²) in [5, 5.41) is 19.5. The number of aliphatic hydroxyl groups is 1. The van der Waals surface area contributed by atoms with E-state index >= 15 is 0 Å². The Morgan fingerprint density at radius 3 is 2.95 bits per heavy atom. The summed E-state index contributed by atoms with van der Waals surface area (Å²) in [5.41, 5.74) is 0.148. The largest absolute Gasteiger partial charge is 0.485 e. The predicted molar refractivity (Wildman–Crippen MR) is 79.7 cm³/mol. The predicted octanol–water partition coefficient (Wildman–Crippen LogP) is 1.77. The Morgan fingerprint density at radius 1 is 1.59 bits per heavy atom. The third-order valence-electron chi connectivity index (χ3n) is 3.47. The molecule has 6 nitrogen and oxygen atoms in total. The number of hydrogen-bond acceptors (Lipinski definition) is 6. The molecule has 0 spiro atoms. The summed E-state index contributed by atoms with van der Waals surface area (Å²) in [7, 11) is 0. The summed E-state index contributed by atoms with van der Waals surface area (Å²) in [6.45, 7) is 5.44. The van der Waals surface area contributed by atoms with Gasteiger partial charge in [-0.15, -0.1) is 0 Å². The molecule has 0 amide bonds. The van der Waals surface area contributed by atoms with Crippen LogP contribution in [0.4, 0.5) is 0 Å². The van der Waals surface area contributed by atoms with Gasteiger partial charge in [-0.2, -0.15) is 5.26 Å². The monoisotopic (exact) mass is 302 g/mol. The van der Waals surface area contributed by atoms with Crippen LogP contribution in [0, 0.1) is 11.3 Å². The Morgan fingerprint density at radius 2 is 2.32 bits per heavy atom. The van der Waals surface area contributed by atoms with Crippen molar-refractivity contribution in [2.75, 3.05) is 6.61 Å². The Bertz CT molecular complexity index is 646. The van der Waals surface area contributed by atoms with Crippen LogP contribution in [0.3, 0.4) is 0 Å². The second-order valence-electron chi connectivity index (χ2n) is 5.49. The molecule has 0 bridgehead atoms. The molecule has 0 saturated carbocycles. The molecule has 0 aliphatic carbocycles. The quantitative estimate of drug-likeness (QED) is 0.678. The number of carbonyl (C=O) groups excluding carboxylic acids is 1. The zero-order chi connectivity index (χ0) is 16.3. The van der Waals surface area contributed by atoms with Gasteiger partial charge < -0.3 is 14.6 Å². The third kappa shape index (κ3) is 3.10. The van der Waals surface area contributed by atoms with Crippen molar-refractivity contribution in [2.24, 2.45) is 4.99 Å². The number of ether oxygens (including phenoxy) is 2. The van der Waals surface area contributed by atoms with Gasteiger partial charge in [0.1, 0.15) is 29.7 Å². The maximum absolute atomic E-state index is 11.5. The molecule has 0 saturated heterocycles. The van der Waals surface area contributed by atoms with Gasteiger partial charge in [0.15, 0.2) is 0 Å². The molecule has 0 fully saturated rings. The normalized spacial score (nSPS) is 22.5. The van der Waals surface area contributed by atoms with Crippen LogP contribution in [0.1, 0.15) is 37.9 Å². The van der Waals surface area contributed by atoms with Crippen LogP contribution < -0.4 is 4.74 Å². The fraction of sp³-hybridized carbons (Fsp3) is 0.438. The fourth-order valence-electron chi connectivity index (χ4n) is 2.32. The topological polar surface area (TPSA) is 91.9 Å². The highest BCUT2D eigenvalue weighted by atomic mass is 16.5. The highest BCUT2D eigenvalue weighted by Gasteiger charge is 2.42. The summed E-state index contributed by atoms with van der Waals surface area (Å²) < 4.78 is 10.6. The van der Waals surface area contributed by atoms with Crippen LogP contribution in [0.5, 0.6) is 5.75 Å². The Labute approximate surface area is 129 Å². The third-order valence-corrected chi connectivity index (χ3v) is 3.47. The standard InChI is InChI=1S/C16H18N2O4/c1-4-21-13(19)9-18-14-11-7-10(8-17)5-6-12(11)22-16(2,3)15(14)20/h5-7,9,14-15,20H,4H2,1-3H3/b18-9+. The number of aliphatic imine (C=N–C) groups is 1. The van der Waals surface area contributed by atoms with Gasteiger partial charge in [-0.25, -0.2) is 4.79 Å². The Kier molecular flexibility index (Phi) is 4.48. The van der Waals surface area contributed by atoms with Crippen LogP contribution >= 0.6 is 0 Å². The number of hydrogen-bond donors (Lipinski definition) is 1. The van der Waals surface area contributed by atoms with Crippen LogP contribution in [0.15, 0.2) is 23.2 Å². The summed E-state index contributed by atoms with van der Waals surface area (Å²) in [5.74, 6) is -0.0303. The van der Waals surface area contributed by atoms with Gasteiger partial charge in [-0.05, 0) is 39.0 Å². The smallest absolute Gasteiger partial charge is 0.348 e. The van der Waals surface area contributed by atoms with Crippen molar-refractivity contribution in [1.29, 1.82) is 5.26 Å². The second kappa shape index (κ2) is 6.16. The minimum atomic E-state index is -0.959. The highest BCUT2D eigenvalue weighted by Crippen LogP contribution is 2.42. The summed E-state index contributed by atoms with van der Waals surface area (Å²) >= 11 is 0. The van der Waals surface area contributed by atoms with Crippen LogP contribution in [0.25, 0.3) is 0 Å². The summed E-state index contributed by atoms with van der Waals surface area (Å²) in [6.07, 6.45) is 0.0985. The van der Waals surface area contributed by atoms with Crippen molar-refractivity contribution in [1.82, 2.24) is 0 Å². The zero-order valence-electron chi connectivity index (χ0n) is 12.7. The maximum atomic E-state index is 11.5. The first-order valence-electron chi connectivity index (χ1n) is 7.00. The van der Waals surface area contributed by atoms with E-state index in [4.69, 9.17) is 14.7 Å². The van der Waals surface area contributed by atoms with E-state index in [-0.39, 0.29) is 6.61 Å². The molecule has 0 radical (unpaired) electrons. The number of rotatable bonds is 3. The molecule has 2 atom stereocenters. The first-order chi connectivity index (χ1) is 10.4. The van der Waals surface area contributed by atoms with Crippen LogP contribution in [0.2, 0.25) is 0 Å². The number of fused-ring (bicyclic) bond motifs is 1. The van der Waals surface area contributed by atoms with Gasteiger partial charge in [-0.3, -0.25) is 4.99 Å². The number of nitrogens with zero attached hydrogens (tertiary/aromatic N) is 2. The van der Waals surface area contributed by atoms with Gasteiger partial charge in [0.05, 0.1) is 18.2 Å². The fourth-order valence-corrected chi connectivity index (χ4v) is 2.32. The molecule has 1 heterocycles. The van der Waals surface area contributed by atoms with Crippen molar-refractivity contribution < 1.29 is 19.4 Å². The minimum Gasteiger partial charge on any atom is -0.485 e. The molecule has 1 N–H and O–H groups in total. The number of esters is 1. The lowest BCUT2D eigenvalue weighted by Crippen LogP contribution is -2.48. The number of carbonyl (C=O) groups is 1. The highest BCUT2D eigenvalue weighted by molar-refractivity contribution is 6.23. The molecule has 1 aromatic rings. The molecule has 22 heavy (non-hydrogen) atoms. The molecular weight excluding hydrogens is 284 g/mol.